The Morgan fingerprint density at radius 1 is 1.38 bits per heavy atom. The first kappa shape index (κ1) is 15.8. The van der Waals surface area contributed by atoms with E-state index in [0.717, 1.165) is 0 Å². The van der Waals surface area contributed by atoms with Crippen LogP contribution in [0.1, 0.15) is 38.9 Å². The molecule has 0 bridgehead atoms. The van der Waals surface area contributed by atoms with E-state index in [-0.39, 0.29) is 28.8 Å². The van der Waals surface area contributed by atoms with Gasteiger partial charge in [-0.3, -0.25) is 9.78 Å². The van der Waals surface area contributed by atoms with Crippen molar-refractivity contribution < 1.29 is 24.2 Å². The summed E-state index contributed by atoms with van der Waals surface area (Å²) in [4.78, 5) is 28.0. The van der Waals surface area contributed by atoms with Gasteiger partial charge in [0.15, 0.2) is 0 Å². The molecular formula is C17H16N2O5. The molecule has 0 aliphatic carbocycles. The second kappa shape index (κ2) is 6.57. The normalized spacial score (nSPS) is 15.8. The number of amides is 1. The van der Waals surface area contributed by atoms with Gasteiger partial charge in [-0.2, -0.15) is 0 Å². The summed E-state index contributed by atoms with van der Waals surface area (Å²) < 4.78 is 10.5. The molecule has 3 rings (SSSR count). The number of methoxy groups -OCH3 is 1. The van der Waals surface area contributed by atoms with E-state index in [4.69, 9.17) is 9.47 Å². The van der Waals surface area contributed by atoms with E-state index < -0.39 is 5.97 Å². The molecule has 0 spiro atoms. The van der Waals surface area contributed by atoms with Crippen LogP contribution in [0, 0.1) is 0 Å². The molecule has 7 nitrogen and oxygen atoms in total. The van der Waals surface area contributed by atoms with E-state index in [0.29, 0.717) is 24.5 Å². The third-order valence-electron chi connectivity index (χ3n) is 3.79. The molecule has 1 aromatic heterocycles. The lowest BCUT2D eigenvalue weighted by Gasteiger charge is -2.25. The molecule has 1 aliphatic rings. The van der Waals surface area contributed by atoms with Crippen molar-refractivity contribution in [3.05, 3.63) is 53.3 Å². The van der Waals surface area contributed by atoms with E-state index in [1.165, 1.54) is 25.3 Å². The molecule has 24 heavy (non-hydrogen) atoms. The molecule has 1 amide bonds. The van der Waals surface area contributed by atoms with Crippen LogP contribution in [0.15, 0.2) is 36.5 Å². The number of nitrogens with zero attached hydrogens (tertiary/aromatic N) is 1. The van der Waals surface area contributed by atoms with Crippen LogP contribution in [0.4, 0.5) is 0 Å². The Morgan fingerprint density at radius 3 is 2.96 bits per heavy atom. The molecule has 7 heteroatoms. The second-order valence-corrected chi connectivity index (χ2v) is 5.27. The number of aromatic nitrogens is 1. The Labute approximate surface area is 138 Å². The fraction of sp³-hybridized carbons (Fsp3) is 0.235. The number of rotatable bonds is 4. The Kier molecular flexibility index (Phi) is 4.33. The molecule has 1 unspecified atom stereocenters. The first-order valence-electron chi connectivity index (χ1n) is 7.40. The minimum Gasteiger partial charge on any atom is -0.496 e. The van der Waals surface area contributed by atoms with Gasteiger partial charge in [-0.1, -0.05) is 0 Å². The maximum atomic E-state index is 12.5. The fourth-order valence-electron chi connectivity index (χ4n) is 2.61. The highest BCUT2D eigenvalue weighted by molar-refractivity contribution is 5.99. The van der Waals surface area contributed by atoms with E-state index in [1.54, 1.807) is 18.3 Å². The summed E-state index contributed by atoms with van der Waals surface area (Å²) in [7, 11) is 1.38. The van der Waals surface area contributed by atoms with E-state index in [9.17, 15) is 14.7 Å². The highest BCUT2D eigenvalue weighted by Crippen LogP contribution is 2.30. The van der Waals surface area contributed by atoms with Gasteiger partial charge in [0.1, 0.15) is 22.8 Å². The van der Waals surface area contributed by atoms with Crippen LogP contribution < -0.4 is 14.8 Å². The van der Waals surface area contributed by atoms with Crippen LogP contribution in [0.2, 0.25) is 0 Å². The lowest BCUT2D eigenvalue weighted by molar-refractivity contribution is 0.0693. The SMILES string of the molecule is COc1ccc(C(=O)NC2CCOc3cccnc32)cc1C(=O)O. The molecule has 0 radical (unpaired) electrons. The van der Waals surface area contributed by atoms with Crippen molar-refractivity contribution in [2.45, 2.75) is 12.5 Å². The van der Waals surface area contributed by atoms with Gasteiger partial charge in [-0.15, -0.1) is 0 Å². The van der Waals surface area contributed by atoms with Crippen molar-refractivity contribution in [1.29, 1.82) is 0 Å². The number of carbonyl (C=O) groups excluding carboxylic acids is 1. The molecule has 0 saturated heterocycles. The van der Waals surface area contributed by atoms with Gasteiger partial charge in [0.2, 0.25) is 0 Å². The van der Waals surface area contributed by atoms with Crippen LogP contribution in [0.25, 0.3) is 0 Å². The number of carbonyl (C=O) groups is 2. The number of aromatic carboxylic acids is 1. The maximum absolute atomic E-state index is 12.5. The lowest BCUT2D eigenvalue weighted by atomic mass is 10.0. The Balaban J connectivity index is 1.84. The summed E-state index contributed by atoms with van der Waals surface area (Å²) in [6.45, 7) is 0.479. The molecule has 1 atom stereocenters. The van der Waals surface area contributed by atoms with Gasteiger partial charge in [-0.05, 0) is 30.3 Å². The van der Waals surface area contributed by atoms with Gasteiger partial charge >= 0.3 is 5.97 Å². The first-order chi connectivity index (χ1) is 11.6. The van der Waals surface area contributed by atoms with Crippen LogP contribution in [-0.2, 0) is 0 Å². The fourth-order valence-corrected chi connectivity index (χ4v) is 2.61. The minimum atomic E-state index is -1.15. The monoisotopic (exact) mass is 328 g/mol. The zero-order chi connectivity index (χ0) is 17.1. The summed E-state index contributed by atoms with van der Waals surface area (Å²) in [5, 5.41) is 12.1. The second-order valence-electron chi connectivity index (χ2n) is 5.27. The quantitative estimate of drug-likeness (QED) is 0.891. The molecule has 124 valence electrons. The van der Waals surface area contributed by atoms with Gasteiger partial charge in [0.05, 0.1) is 19.8 Å². The number of hydrogen-bond acceptors (Lipinski definition) is 5. The molecule has 2 aromatic rings. The van der Waals surface area contributed by atoms with Gasteiger partial charge in [-0.25, -0.2) is 4.79 Å². The van der Waals surface area contributed by atoms with Crippen molar-refractivity contribution >= 4 is 11.9 Å². The number of ether oxygens (including phenoxy) is 2. The van der Waals surface area contributed by atoms with E-state index in [1.807, 2.05) is 0 Å². The topological polar surface area (TPSA) is 97.8 Å². The van der Waals surface area contributed by atoms with Crippen molar-refractivity contribution in [2.24, 2.45) is 0 Å². The zero-order valence-electron chi connectivity index (χ0n) is 13.0. The Hall–Kier alpha value is -3.09. The number of fused-ring (bicyclic) bond motifs is 1. The van der Waals surface area contributed by atoms with E-state index in [2.05, 4.69) is 10.3 Å². The number of carboxylic acid groups (broad SMARTS) is 1. The van der Waals surface area contributed by atoms with Crippen molar-refractivity contribution in [1.82, 2.24) is 10.3 Å². The third kappa shape index (κ3) is 3.01. The standard InChI is InChI=1S/C17H16N2O5/c1-23-13-5-4-10(9-11(13)17(21)22)16(20)19-12-6-8-24-14-3-2-7-18-15(12)14/h2-5,7,9,12H,6,8H2,1H3,(H,19,20)(H,21,22). The van der Waals surface area contributed by atoms with Crippen molar-refractivity contribution in [3.63, 3.8) is 0 Å². The number of nitrogens with one attached hydrogen (secondary N) is 1. The van der Waals surface area contributed by atoms with Gasteiger partial charge < -0.3 is 19.9 Å². The summed E-state index contributed by atoms with van der Waals surface area (Å²) in [6.07, 6.45) is 2.24. The molecular weight excluding hydrogens is 312 g/mol. The maximum Gasteiger partial charge on any atom is 0.339 e. The number of carboxylic acids is 1. The first-order valence-corrected chi connectivity index (χ1v) is 7.40. The largest absolute Gasteiger partial charge is 0.496 e. The molecule has 2 N–H and O–H groups in total. The lowest BCUT2D eigenvalue weighted by Crippen LogP contribution is -2.32. The zero-order valence-corrected chi connectivity index (χ0v) is 13.0. The number of pyridine rings is 1. The number of hydrogen-bond donors (Lipinski definition) is 2. The van der Waals surface area contributed by atoms with Crippen LogP contribution in [0.5, 0.6) is 11.5 Å². The summed E-state index contributed by atoms with van der Waals surface area (Å²) >= 11 is 0. The Morgan fingerprint density at radius 2 is 2.21 bits per heavy atom. The van der Waals surface area contributed by atoms with Crippen molar-refractivity contribution in [3.8, 4) is 11.5 Å². The molecule has 0 saturated carbocycles. The van der Waals surface area contributed by atoms with Gasteiger partial charge in [0, 0.05) is 18.2 Å². The van der Waals surface area contributed by atoms with Gasteiger partial charge in [0.25, 0.3) is 5.91 Å². The molecule has 0 fully saturated rings. The van der Waals surface area contributed by atoms with Crippen LogP contribution in [-0.4, -0.2) is 35.7 Å². The smallest absolute Gasteiger partial charge is 0.339 e. The molecule has 2 heterocycles. The van der Waals surface area contributed by atoms with Crippen LogP contribution in [0.3, 0.4) is 0 Å². The molecule has 1 aliphatic heterocycles. The summed E-state index contributed by atoms with van der Waals surface area (Å²) in [5.41, 5.74) is 0.858. The highest BCUT2D eigenvalue weighted by atomic mass is 16.5. The van der Waals surface area contributed by atoms with E-state index >= 15 is 0 Å². The van der Waals surface area contributed by atoms with Crippen molar-refractivity contribution in [2.75, 3.05) is 13.7 Å². The number of benzene rings is 1. The summed E-state index contributed by atoms with van der Waals surface area (Å²) in [5.74, 6) is -0.671. The third-order valence-corrected chi connectivity index (χ3v) is 3.79. The Bertz CT molecular complexity index is 790. The average molecular weight is 328 g/mol. The molecule has 1 aromatic carbocycles. The predicted molar refractivity (Wildman–Crippen MR) is 84.5 cm³/mol. The predicted octanol–water partition coefficient (Wildman–Crippen LogP) is 2.04. The summed E-state index contributed by atoms with van der Waals surface area (Å²) in [6, 6.07) is 7.59. The highest BCUT2D eigenvalue weighted by Gasteiger charge is 2.25. The van der Waals surface area contributed by atoms with Crippen LogP contribution >= 0.6 is 0 Å². The minimum absolute atomic E-state index is 0.0596. The average Bonchev–Trinajstić information content (AvgIpc) is 2.61.